The number of aromatic nitrogens is 4. The molecule has 6 nitrogen and oxygen atoms in total. The number of fused-ring (bicyclic) bond motifs is 3. The lowest BCUT2D eigenvalue weighted by atomic mass is 9.56. The number of carbonyl (C=O) groups is 1. The number of hydrogen-bond acceptors (Lipinski definition) is 5. The first kappa shape index (κ1) is 24.9. The van der Waals surface area contributed by atoms with E-state index in [1.165, 1.54) is 12.3 Å². The van der Waals surface area contributed by atoms with E-state index >= 15 is 0 Å². The molecule has 7 heteroatoms. The molecule has 0 saturated carbocycles. The first-order chi connectivity index (χ1) is 18.9. The average Bonchev–Trinajstić information content (AvgIpc) is 3.36. The molecule has 3 atom stereocenters. The highest BCUT2D eigenvalue weighted by atomic mass is 19.1. The number of allylic oxidation sites excluding steroid dienone is 2. The van der Waals surface area contributed by atoms with Crippen molar-refractivity contribution in [3.8, 4) is 34.3 Å². The van der Waals surface area contributed by atoms with Crippen LogP contribution in [0, 0.1) is 29.0 Å². The Bertz CT molecular complexity index is 1630. The molecule has 0 radical (unpaired) electrons. The van der Waals surface area contributed by atoms with E-state index in [-0.39, 0.29) is 29.0 Å². The van der Waals surface area contributed by atoms with Gasteiger partial charge in [-0.15, -0.1) is 0 Å². The van der Waals surface area contributed by atoms with Crippen molar-refractivity contribution in [2.75, 3.05) is 0 Å². The van der Waals surface area contributed by atoms with Crippen molar-refractivity contribution >= 4 is 5.78 Å². The number of halogens is 1. The van der Waals surface area contributed by atoms with Crippen LogP contribution in [0.1, 0.15) is 44.4 Å². The lowest BCUT2D eigenvalue weighted by Gasteiger charge is -2.46. The largest absolute Gasteiger partial charge is 0.293 e. The molecule has 2 aliphatic rings. The van der Waals surface area contributed by atoms with E-state index in [4.69, 9.17) is 5.10 Å². The summed E-state index contributed by atoms with van der Waals surface area (Å²) in [6.07, 6.45) is 9.73. The Morgan fingerprint density at radius 1 is 1.15 bits per heavy atom. The maximum Gasteiger partial charge on any atom is 0.176 e. The third-order valence-electron chi connectivity index (χ3n) is 8.28. The van der Waals surface area contributed by atoms with Gasteiger partial charge in [-0.3, -0.25) is 14.8 Å². The van der Waals surface area contributed by atoms with E-state index < -0.39 is 5.41 Å². The first-order valence-corrected chi connectivity index (χ1v) is 13.4. The monoisotopic (exact) mass is 517 g/mol. The zero-order valence-electron chi connectivity index (χ0n) is 21.9. The number of ketones is 1. The smallest absolute Gasteiger partial charge is 0.176 e. The molecular weight excluding hydrogens is 489 g/mol. The fourth-order valence-corrected chi connectivity index (χ4v) is 6.55. The predicted octanol–water partition coefficient (Wildman–Crippen LogP) is 6.40. The summed E-state index contributed by atoms with van der Waals surface area (Å²) in [4.78, 5) is 21.9. The number of hydrogen-bond donors (Lipinski definition) is 0. The quantitative estimate of drug-likeness (QED) is 0.306. The van der Waals surface area contributed by atoms with Crippen LogP contribution in [0.2, 0.25) is 0 Å². The molecule has 0 N–H and O–H groups in total. The lowest BCUT2D eigenvalue weighted by Crippen LogP contribution is -2.47. The van der Waals surface area contributed by atoms with Gasteiger partial charge in [0.25, 0.3) is 0 Å². The van der Waals surface area contributed by atoms with E-state index in [1.807, 2.05) is 53.2 Å². The average molecular weight is 518 g/mol. The summed E-state index contributed by atoms with van der Waals surface area (Å²) in [5, 5.41) is 15.0. The number of pyridine rings is 2. The first-order valence-electron chi connectivity index (χ1n) is 13.4. The minimum Gasteiger partial charge on any atom is -0.293 e. The van der Waals surface area contributed by atoms with Gasteiger partial charge in [0.05, 0.1) is 28.8 Å². The van der Waals surface area contributed by atoms with Crippen molar-refractivity contribution in [3.05, 3.63) is 95.8 Å². The van der Waals surface area contributed by atoms with Crippen LogP contribution in [0.3, 0.4) is 0 Å². The van der Waals surface area contributed by atoms with Gasteiger partial charge in [-0.1, -0.05) is 44.5 Å². The van der Waals surface area contributed by atoms with Crippen LogP contribution in [0.15, 0.2) is 78.8 Å². The molecule has 194 valence electrons. The Labute approximate surface area is 226 Å². The van der Waals surface area contributed by atoms with Crippen LogP contribution in [0.25, 0.3) is 28.2 Å². The van der Waals surface area contributed by atoms with Crippen LogP contribution < -0.4 is 0 Å². The van der Waals surface area contributed by atoms with E-state index in [1.54, 1.807) is 12.4 Å². The van der Waals surface area contributed by atoms with Gasteiger partial charge in [0.2, 0.25) is 0 Å². The van der Waals surface area contributed by atoms with E-state index in [9.17, 15) is 14.4 Å². The number of nitriles is 1. The minimum atomic E-state index is -0.558. The molecule has 4 aromatic rings. The SMILES string of the molecule is CCC[C@H]1C(=O)C(C#N)=C[C@@]2(C)c3c(c(-c4ccccn4)nn3-c3ccc(-c4cncc(F)c4)cc3)CC[C@H]12. The summed E-state index contributed by atoms with van der Waals surface area (Å²) in [6, 6.07) is 17.3. The number of rotatable bonds is 5. The summed E-state index contributed by atoms with van der Waals surface area (Å²) in [5.74, 6) is -0.545. The van der Waals surface area contributed by atoms with E-state index in [2.05, 4.69) is 29.9 Å². The highest BCUT2D eigenvalue weighted by Gasteiger charge is 2.51. The molecule has 0 aliphatic heterocycles. The second kappa shape index (κ2) is 9.70. The minimum absolute atomic E-state index is 0.0330. The summed E-state index contributed by atoms with van der Waals surface area (Å²) in [6.45, 7) is 4.23. The molecule has 0 unspecified atom stereocenters. The Morgan fingerprint density at radius 3 is 2.67 bits per heavy atom. The third kappa shape index (κ3) is 4.08. The molecular formula is C32H28FN5O. The normalized spacial score (nSPS) is 22.0. The highest BCUT2D eigenvalue weighted by Crippen LogP contribution is 2.53. The van der Waals surface area contributed by atoms with E-state index in [0.717, 1.165) is 59.6 Å². The molecule has 0 bridgehead atoms. The number of Topliss-reactive ketones (excluding diaryl/α,β-unsaturated/α-hetero) is 1. The van der Waals surface area contributed by atoms with Crippen molar-refractivity contribution in [2.45, 2.75) is 44.9 Å². The van der Waals surface area contributed by atoms with Crippen LogP contribution in [0.4, 0.5) is 4.39 Å². The Morgan fingerprint density at radius 2 is 1.97 bits per heavy atom. The zero-order valence-corrected chi connectivity index (χ0v) is 21.9. The van der Waals surface area contributed by atoms with Gasteiger partial charge in [0.15, 0.2) is 5.78 Å². The van der Waals surface area contributed by atoms with E-state index in [0.29, 0.717) is 5.56 Å². The van der Waals surface area contributed by atoms with Crippen molar-refractivity contribution in [3.63, 3.8) is 0 Å². The van der Waals surface area contributed by atoms with Gasteiger partial charge in [-0.05, 0) is 61.1 Å². The zero-order chi connectivity index (χ0) is 27.1. The molecule has 3 aromatic heterocycles. The number of benzene rings is 1. The fraction of sp³-hybridized carbons (Fsp3) is 0.281. The molecule has 2 aliphatic carbocycles. The fourth-order valence-electron chi connectivity index (χ4n) is 6.55. The molecule has 1 aromatic carbocycles. The summed E-state index contributed by atoms with van der Waals surface area (Å²) < 4.78 is 15.8. The van der Waals surface area contributed by atoms with Gasteiger partial charge in [0, 0.05) is 34.9 Å². The van der Waals surface area contributed by atoms with Gasteiger partial charge in [-0.2, -0.15) is 10.4 Å². The summed E-state index contributed by atoms with van der Waals surface area (Å²) in [5.41, 5.74) is 5.78. The number of carbonyl (C=O) groups excluding carboxylic acids is 1. The molecule has 0 spiro atoms. The van der Waals surface area contributed by atoms with Crippen LogP contribution >= 0.6 is 0 Å². The summed E-state index contributed by atoms with van der Waals surface area (Å²) >= 11 is 0. The molecule has 3 heterocycles. The van der Waals surface area contributed by atoms with Crippen molar-refractivity contribution in [1.29, 1.82) is 5.26 Å². The van der Waals surface area contributed by atoms with Gasteiger partial charge in [0.1, 0.15) is 17.6 Å². The van der Waals surface area contributed by atoms with Crippen LogP contribution in [0.5, 0.6) is 0 Å². The lowest BCUT2D eigenvalue weighted by molar-refractivity contribution is -0.122. The topological polar surface area (TPSA) is 84.5 Å². The molecule has 0 saturated heterocycles. The Balaban J connectivity index is 1.56. The molecule has 6 rings (SSSR count). The van der Waals surface area contributed by atoms with Crippen LogP contribution in [-0.2, 0) is 16.6 Å². The maximum atomic E-state index is 13.8. The van der Waals surface area contributed by atoms with Gasteiger partial charge in [-0.25, -0.2) is 9.07 Å². The van der Waals surface area contributed by atoms with Crippen molar-refractivity contribution in [1.82, 2.24) is 19.7 Å². The van der Waals surface area contributed by atoms with Gasteiger partial charge < -0.3 is 0 Å². The second-order valence-corrected chi connectivity index (χ2v) is 10.6. The van der Waals surface area contributed by atoms with Gasteiger partial charge >= 0.3 is 0 Å². The standard InChI is InChI=1S/C32H28FN5O/c1-3-6-25-27-13-12-26-29(28-7-4-5-14-36-28)37-38(31(26)32(27,2)16-22(17-34)30(25)39)24-10-8-20(9-11-24)21-15-23(33)19-35-18-21/h4-5,7-11,14-16,18-19,25,27H,3,6,12-13H2,1-2H3/t25-,27-,32-/m1/s1. The Kier molecular flexibility index (Phi) is 6.19. The summed E-state index contributed by atoms with van der Waals surface area (Å²) in [7, 11) is 0. The molecule has 0 fully saturated rings. The second-order valence-electron chi connectivity index (χ2n) is 10.6. The molecule has 0 amide bonds. The third-order valence-corrected chi connectivity index (χ3v) is 8.28. The van der Waals surface area contributed by atoms with Crippen LogP contribution in [-0.4, -0.2) is 25.5 Å². The highest BCUT2D eigenvalue weighted by molar-refractivity contribution is 6.02. The maximum absolute atomic E-state index is 13.8. The molecule has 39 heavy (non-hydrogen) atoms. The van der Waals surface area contributed by atoms with Crippen molar-refractivity contribution in [2.24, 2.45) is 11.8 Å². The number of nitrogens with zero attached hydrogens (tertiary/aromatic N) is 5. The van der Waals surface area contributed by atoms with Crippen molar-refractivity contribution < 1.29 is 9.18 Å². The Hall–Kier alpha value is -4.44. The predicted molar refractivity (Wildman–Crippen MR) is 146 cm³/mol.